The Morgan fingerprint density at radius 3 is 2.33 bits per heavy atom. The fraction of sp³-hybridized carbons (Fsp3) is 0.909. The van der Waals surface area contributed by atoms with Gasteiger partial charge in [0.2, 0.25) is 0 Å². The molecule has 0 amide bonds. The summed E-state index contributed by atoms with van der Waals surface area (Å²) in [5.41, 5.74) is 0. The van der Waals surface area contributed by atoms with Gasteiger partial charge in [-0.3, -0.25) is 9.69 Å². The highest BCUT2D eigenvalue weighted by Gasteiger charge is 2.24. The Morgan fingerprint density at radius 2 is 1.83 bits per heavy atom. The number of aliphatic carboxylic acids is 1. The largest absolute Gasteiger partial charge is 0.481 e. The molecule has 106 valence electrons. The van der Waals surface area contributed by atoms with Crippen LogP contribution in [0.2, 0.25) is 0 Å². The minimum atomic E-state index is -3.30. The molecule has 1 atom stereocenters. The van der Waals surface area contributed by atoms with Crippen molar-refractivity contribution in [3.05, 3.63) is 0 Å². The molecule has 1 aliphatic rings. The topological polar surface area (TPSA) is 77.9 Å². The van der Waals surface area contributed by atoms with Gasteiger partial charge in [-0.15, -0.1) is 0 Å². The maximum Gasteiger partial charge on any atom is 0.304 e. The quantitative estimate of drug-likeness (QED) is 0.706. The Hall–Kier alpha value is -0.660. The lowest BCUT2D eigenvalue weighted by Gasteiger charge is -2.32. The van der Waals surface area contributed by atoms with E-state index >= 15 is 0 Å². The minimum absolute atomic E-state index is 0.0468. The zero-order valence-corrected chi connectivity index (χ0v) is 11.8. The van der Waals surface area contributed by atoms with Gasteiger partial charge in [0, 0.05) is 32.7 Å². The fourth-order valence-corrected chi connectivity index (χ4v) is 3.21. The van der Waals surface area contributed by atoms with Crippen molar-refractivity contribution < 1.29 is 18.3 Å². The van der Waals surface area contributed by atoms with Gasteiger partial charge in [-0.2, -0.15) is 0 Å². The maximum absolute atomic E-state index is 11.9. The molecule has 0 bridgehead atoms. The first-order chi connectivity index (χ1) is 8.31. The third kappa shape index (κ3) is 4.91. The van der Waals surface area contributed by atoms with E-state index < -0.39 is 21.1 Å². The average molecular weight is 278 g/mol. The van der Waals surface area contributed by atoms with Crippen molar-refractivity contribution in [3.8, 4) is 0 Å². The highest BCUT2D eigenvalue weighted by molar-refractivity contribution is 7.92. The molecule has 1 saturated heterocycles. The minimum Gasteiger partial charge on any atom is -0.481 e. The van der Waals surface area contributed by atoms with Crippen molar-refractivity contribution >= 4 is 15.8 Å². The predicted octanol–water partition coefficient (Wildman–Crippen LogP) is -0.488. The molecular weight excluding hydrogens is 256 g/mol. The van der Waals surface area contributed by atoms with Crippen molar-refractivity contribution in [3.63, 3.8) is 0 Å². The summed E-state index contributed by atoms with van der Waals surface area (Å²) in [5.74, 6) is -1.02. The second-order valence-electron chi connectivity index (χ2n) is 4.92. The number of carbonyl (C=O) groups is 1. The SMILES string of the molecule is CC(CC(=O)O)S(=O)(=O)CCN1CCN(C)CC1. The summed E-state index contributed by atoms with van der Waals surface area (Å²) in [6.45, 7) is 5.61. The molecule has 1 heterocycles. The van der Waals surface area contributed by atoms with Gasteiger partial charge in [0.25, 0.3) is 0 Å². The van der Waals surface area contributed by atoms with Crippen LogP contribution in [0.25, 0.3) is 0 Å². The Morgan fingerprint density at radius 1 is 1.28 bits per heavy atom. The number of likely N-dealkylation sites (N-methyl/N-ethyl adjacent to an activating group) is 1. The Labute approximate surface area is 108 Å². The van der Waals surface area contributed by atoms with E-state index in [0.717, 1.165) is 26.2 Å². The zero-order chi connectivity index (χ0) is 13.8. The smallest absolute Gasteiger partial charge is 0.304 e. The standard InChI is InChI=1S/C11H22N2O4S/c1-10(9-11(14)15)18(16,17)8-7-13-5-3-12(2)4-6-13/h10H,3-9H2,1-2H3,(H,14,15). The average Bonchev–Trinajstić information content (AvgIpc) is 2.27. The van der Waals surface area contributed by atoms with Gasteiger partial charge in [-0.25, -0.2) is 8.42 Å². The number of hydrogen-bond acceptors (Lipinski definition) is 5. The molecule has 0 radical (unpaired) electrons. The van der Waals surface area contributed by atoms with Crippen LogP contribution >= 0.6 is 0 Å². The summed E-state index contributed by atoms with van der Waals surface area (Å²) < 4.78 is 23.7. The molecule has 1 unspecified atom stereocenters. The fourth-order valence-electron chi connectivity index (χ4n) is 1.90. The molecule has 0 aromatic heterocycles. The van der Waals surface area contributed by atoms with Crippen LogP contribution in [-0.4, -0.2) is 80.1 Å². The number of hydrogen-bond donors (Lipinski definition) is 1. The second-order valence-corrected chi connectivity index (χ2v) is 7.46. The van der Waals surface area contributed by atoms with Gasteiger partial charge in [0.15, 0.2) is 9.84 Å². The summed E-state index contributed by atoms with van der Waals surface area (Å²) in [5, 5.41) is 7.81. The molecule has 0 aromatic rings. The monoisotopic (exact) mass is 278 g/mol. The van der Waals surface area contributed by atoms with Crippen LogP contribution in [-0.2, 0) is 14.6 Å². The molecule has 0 saturated carbocycles. The number of carboxylic acids is 1. The van der Waals surface area contributed by atoms with Crippen molar-refractivity contribution in [2.75, 3.05) is 45.5 Å². The van der Waals surface area contributed by atoms with Gasteiger partial charge >= 0.3 is 5.97 Å². The highest BCUT2D eigenvalue weighted by Crippen LogP contribution is 2.08. The van der Waals surface area contributed by atoms with E-state index in [1.165, 1.54) is 6.92 Å². The van der Waals surface area contributed by atoms with Gasteiger partial charge < -0.3 is 10.0 Å². The van der Waals surface area contributed by atoms with Gasteiger partial charge in [-0.1, -0.05) is 0 Å². The second kappa shape index (κ2) is 6.49. The number of rotatable bonds is 6. The third-order valence-corrected chi connectivity index (χ3v) is 5.51. The predicted molar refractivity (Wildman–Crippen MR) is 69.4 cm³/mol. The number of sulfone groups is 1. The van der Waals surface area contributed by atoms with E-state index in [1.807, 2.05) is 7.05 Å². The molecule has 1 aliphatic heterocycles. The lowest BCUT2D eigenvalue weighted by Crippen LogP contribution is -2.46. The Bertz CT molecular complexity index is 375. The van der Waals surface area contributed by atoms with E-state index in [0.29, 0.717) is 6.54 Å². The molecule has 0 spiro atoms. The maximum atomic E-state index is 11.9. The van der Waals surface area contributed by atoms with Crippen LogP contribution in [0.4, 0.5) is 0 Å². The lowest BCUT2D eigenvalue weighted by atomic mass is 10.3. The van der Waals surface area contributed by atoms with Crippen molar-refractivity contribution in [2.24, 2.45) is 0 Å². The van der Waals surface area contributed by atoms with Gasteiger partial charge in [0.05, 0.1) is 17.4 Å². The summed E-state index contributed by atoms with van der Waals surface area (Å²) >= 11 is 0. The van der Waals surface area contributed by atoms with Crippen LogP contribution in [0, 0.1) is 0 Å². The van der Waals surface area contributed by atoms with E-state index in [9.17, 15) is 13.2 Å². The van der Waals surface area contributed by atoms with E-state index in [4.69, 9.17) is 5.11 Å². The third-order valence-electron chi connectivity index (χ3n) is 3.36. The molecule has 6 nitrogen and oxygen atoms in total. The number of piperazine rings is 1. The van der Waals surface area contributed by atoms with Crippen LogP contribution in [0.3, 0.4) is 0 Å². The van der Waals surface area contributed by atoms with Gasteiger partial charge in [-0.05, 0) is 14.0 Å². The molecular formula is C11H22N2O4S. The molecule has 1 fully saturated rings. The molecule has 0 aliphatic carbocycles. The van der Waals surface area contributed by atoms with Crippen LogP contribution in [0.5, 0.6) is 0 Å². The van der Waals surface area contributed by atoms with Crippen LogP contribution < -0.4 is 0 Å². The zero-order valence-electron chi connectivity index (χ0n) is 11.0. The van der Waals surface area contributed by atoms with E-state index in [1.54, 1.807) is 0 Å². The number of nitrogens with zero attached hydrogens (tertiary/aromatic N) is 2. The van der Waals surface area contributed by atoms with Crippen LogP contribution in [0.1, 0.15) is 13.3 Å². The van der Waals surface area contributed by atoms with Crippen LogP contribution in [0.15, 0.2) is 0 Å². The first-order valence-corrected chi connectivity index (χ1v) is 7.87. The first-order valence-electron chi connectivity index (χ1n) is 6.15. The normalized spacial score (nSPS) is 20.8. The summed E-state index contributed by atoms with van der Waals surface area (Å²) in [6.07, 6.45) is -0.314. The molecule has 1 rings (SSSR count). The van der Waals surface area contributed by atoms with E-state index in [2.05, 4.69) is 9.80 Å². The summed E-state index contributed by atoms with van der Waals surface area (Å²) in [6, 6.07) is 0. The van der Waals surface area contributed by atoms with E-state index in [-0.39, 0.29) is 12.2 Å². The Kier molecular flexibility index (Phi) is 5.55. The lowest BCUT2D eigenvalue weighted by molar-refractivity contribution is -0.136. The number of carboxylic acid groups (broad SMARTS) is 1. The molecule has 1 N–H and O–H groups in total. The van der Waals surface area contributed by atoms with Gasteiger partial charge in [0.1, 0.15) is 0 Å². The van der Waals surface area contributed by atoms with Crippen molar-refractivity contribution in [2.45, 2.75) is 18.6 Å². The molecule has 18 heavy (non-hydrogen) atoms. The summed E-state index contributed by atoms with van der Waals surface area (Å²) in [4.78, 5) is 14.8. The highest BCUT2D eigenvalue weighted by atomic mass is 32.2. The first kappa shape index (κ1) is 15.4. The summed E-state index contributed by atoms with van der Waals surface area (Å²) in [7, 11) is -1.26. The van der Waals surface area contributed by atoms with Crippen molar-refractivity contribution in [1.82, 2.24) is 9.80 Å². The van der Waals surface area contributed by atoms with Crippen molar-refractivity contribution in [1.29, 1.82) is 0 Å². The Balaban J connectivity index is 2.39. The molecule has 0 aromatic carbocycles. The molecule has 7 heteroatoms.